The van der Waals surface area contributed by atoms with Crippen LogP contribution in [0.1, 0.15) is 38.8 Å². The van der Waals surface area contributed by atoms with Crippen LogP contribution in [-0.2, 0) is 32.1 Å². The lowest BCUT2D eigenvalue weighted by Gasteiger charge is -2.24. The van der Waals surface area contributed by atoms with Crippen molar-refractivity contribution in [1.82, 2.24) is 0 Å². The van der Waals surface area contributed by atoms with Gasteiger partial charge in [-0.1, -0.05) is 24.3 Å². The van der Waals surface area contributed by atoms with Crippen molar-refractivity contribution in [1.29, 1.82) is 0 Å². The Hall–Kier alpha value is -1.24. The van der Waals surface area contributed by atoms with E-state index < -0.39 is 11.4 Å². The van der Waals surface area contributed by atoms with E-state index in [0.29, 0.717) is 13.0 Å². The Morgan fingerprint density at radius 1 is 1.36 bits per heavy atom. The molecule has 1 aromatic carbocycles. The zero-order valence-electron chi connectivity index (χ0n) is 13.5. The Balaban J connectivity index is 2.07. The number of nitrogens with zero attached hydrogens (tertiary/aromatic N) is 1. The monoisotopic (exact) mass is 325 g/mol. The highest BCUT2D eigenvalue weighted by molar-refractivity contribution is 7.74. The molecule has 6 heteroatoms. The zero-order chi connectivity index (χ0) is 16.4. The largest absolute Gasteiger partial charge is 0.478 e. The summed E-state index contributed by atoms with van der Waals surface area (Å²) >= 11 is -2.20. The van der Waals surface area contributed by atoms with Gasteiger partial charge in [-0.25, -0.2) is 4.99 Å². The molecule has 22 heavy (non-hydrogen) atoms. The molecule has 0 spiro atoms. The fourth-order valence-corrected chi connectivity index (χ4v) is 2.57. The lowest BCUT2D eigenvalue weighted by Crippen LogP contribution is -2.29. The summed E-state index contributed by atoms with van der Waals surface area (Å²) in [6.07, 6.45) is 0.595. The van der Waals surface area contributed by atoms with Crippen LogP contribution < -0.4 is 0 Å². The smallest absolute Gasteiger partial charge is 0.301 e. The third kappa shape index (κ3) is 4.15. The third-order valence-corrected chi connectivity index (χ3v) is 4.12. The number of benzene rings is 1. The van der Waals surface area contributed by atoms with Crippen molar-refractivity contribution in [2.24, 2.45) is 4.99 Å². The molecule has 1 N–H and O–H groups in total. The number of aliphatic imine (C=N–C) groups is 1. The van der Waals surface area contributed by atoms with E-state index in [1.807, 2.05) is 24.3 Å². The van der Waals surface area contributed by atoms with Gasteiger partial charge < -0.3 is 4.74 Å². The van der Waals surface area contributed by atoms with E-state index in [0.717, 1.165) is 17.0 Å². The Kier molecular flexibility index (Phi) is 5.04. The molecule has 1 unspecified atom stereocenters. The second-order valence-electron chi connectivity index (χ2n) is 6.63. The van der Waals surface area contributed by atoms with Crippen LogP contribution in [0.25, 0.3) is 0 Å². The summed E-state index contributed by atoms with van der Waals surface area (Å²) in [7, 11) is 0. The van der Waals surface area contributed by atoms with E-state index in [4.69, 9.17) is 9.29 Å². The van der Waals surface area contributed by atoms with Crippen molar-refractivity contribution in [3.05, 3.63) is 35.4 Å². The van der Waals surface area contributed by atoms with Gasteiger partial charge in [-0.3, -0.25) is 8.74 Å². The van der Waals surface area contributed by atoms with E-state index in [1.165, 1.54) is 0 Å². The van der Waals surface area contributed by atoms with Crippen LogP contribution >= 0.6 is 0 Å². The van der Waals surface area contributed by atoms with E-state index >= 15 is 0 Å². The second-order valence-corrected chi connectivity index (χ2v) is 7.30. The van der Waals surface area contributed by atoms with Gasteiger partial charge in [0.2, 0.25) is 0 Å². The minimum absolute atomic E-state index is 0.163. The molecule has 0 amide bonds. The molecule has 1 aliphatic rings. The normalized spacial score (nSPS) is 18.7. The molecule has 0 bridgehead atoms. The summed E-state index contributed by atoms with van der Waals surface area (Å²) in [5.74, 6) is 0.768. The maximum Gasteiger partial charge on any atom is 0.301 e. The van der Waals surface area contributed by atoms with Crippen LogP contribution in [0.2, 0.25) is 0 Å². The average Bonchev–Trinajstić information content (AvgIpc) is 2.80. The molecule has 1 aromatic rings. The molecule has 1 heterocycles. The van der Waals surface area contributed by atoms with Crippen molar-refractivity contribution >= 4 is 17.3 Å². The molecule has 1 aliphatic heterocycles. The molecule has 0 aliphatic carbocycles. The minimum atomic E-state index is -2.20. The molecular weight excluding hydrogens is 302 g/mol. The van der Waals surface area contributed by atoms with Crippen LogP contribution in [0.5, 0.6) is 0 Å². The molecule has 2 rings (SSSR count). The first-order valence-electron chi connectivity index (χ1n) is 7.27. The highest BCUT2D eigenvalue weighted by atomic mass is 32.2. The van der Waals surface area contributed by atoms with E-state index in [-0.39, 0.29) is 17.6 Å². The molecular formula is C16H23NO4S. The van der Waals surface area contributed by atoms with Gasteiger partial charge in [0, 0.05) is 0 Å². The molecule has 5 nitrogen and oxygen atoms in total. The Labute approximate surface area is 134 Å². The number of rotatable bonds is 6. The standard InChI is InChI=1S/C16H23NO4S/c1-15(2)11-20-14(17-15)16(3,4)13-7-5-12(6-8-13)9-10-21-22(18)19/h5-8H,9-11H2,1-4H3,(H,18,19). The first-order valence-corrected chi connectivity index (χ1v) is 8.30. The maximum absolute atomic E-state index is 10.4. The van der Waals surface area contributed by atoms with E-state index in [9.17, 15) is 4.21 Å². The van der Waals surface area contributed by atoms with Gasteiger partial charge >= 0.3 is 11.4 Å². The number of hydrogen-bond donors (Lipinski definition) is 1. The topological polar surface area (TPSA) is 68.1 Å². The summed E-state index contributed by atoms with van der Waals surface area (Å²) in [5.41, 5.74) is 1.73. The van der Waals surface area contributed by atoms with Gasteiger partial charge in [0.15, 0.2) is 5.90 Å². The zero-order valence-corrected chi connectivity index (χ0v) is 14.3. The fourth-order valence-electron chi connectivity index (χ4n) is 2.35. The predicted molar refractivity (Wildman–Crippen MR) is 87.4 cm³/mol. The van der Waals surface area contributed by atoms with Crippen LogP contribution in [0, 0.1) is 0 Å². The van der Waals surface area contributed by atoms with Gasteiger partial charge in [0.25, 0.3) is 0 Å². The van der Waals surface area contributed by atoms with Gasteiger partial charge in [0.1, 0.15) is 6.61 Å². The quantitative estimate of drug-likeness (QED) is 0.817. The summed E-state index contributed by atoms with van der Waals surface area (Å²) in [6, 6.07) is 8.09. The molecule has 0 radical (unpaired) electrons. The predicted octanol–water partition coefficient (Wildman–Crippen LogP) is 2.87. The van der Waals surface area contributed by atoms with Crippen LogP contribution in [0.4, 0.5) is 0 Å². The number of ether oxygens (including phenoxy) is 1. The van der Waals surface area contributed by atoms with Gasteiger partial charge in [-0.2, -0.15) is 4.21 Å². The van der Waals surface area contributed by atoms with Gasteiger partial charge in [0.05, 0.1) is 17.6 Å². The molecule has 0 aromatic heterocycles. The summed E-state index contributed by atoms with van der Waals surface area (Å²) < 4.78 is 29.4. The Morgan fingerprint density at radius 2 is 2.00 bits per heavy atom. The fraction of sp³-hybridized carbons (Fsp3) is 0.562. The van der Waals surface area contributed by atoms with Crippen LogP contribution in [0.3, 0.4) is 0 Å². The second kappa shape index (κ2) is 6.48. The maximum atomic E-state index is 10.4. The third-order valence-electron chi connectivity index (χ3n) is 3.75. The van der Waals surface area contributed by atoms with Crippen LogP contribution in [-0.4, -0.2) is 33.4 Å². The van der Waals surface area contributed by atoms with Crippen molar-refractivity contribution < 1.29 is 17.7 Å². The van der Waals surface area contributed by atoms with Gasteiger partial charge in [-0.05, 0) is 45.2 Å². The summed E-state index contributed by atoms with van der Waals surface area (Å²) in [5, 5.41) is 0. The number of hydrogen-bond acceptors (Lipinski definition) is 4. The molecule has 1 atom stereocenters. The first-order chi connectivity index (χ1) is 10.2. The van der Waals surface area contributed by atoms with Crippen molar-refractivity contribution in [2.75, 3.05) is 13.2 Å². The van der Waals surface area contributed by atoms with E-state index in [1.54, 1.807) is 0 Å². The lowest BCUT2D eigenvalue weighted by atomic mass is 9.84. The SMILES string of the molecule is CC1(C)COC(C(C)(C)c2ccc(CCOS(=O)O)cc2)=N1. The molecule has 0 fully saturated rings. The average molecular weight is 325 g/mol. The van der Waals surface area contributed by atoms with Crippen molar-refractivity contribution in [2.45, 2.75) is 45.1 Å². The van der Waals surface area contributed by atoms with E-state index in [2.05, 4.69) is 36.9 Å². The molecule has 0 saturated heterocycles. The van der Waals surface area contributed by atoms with Crippen molar-refractivity contribution in [3.8, 4) is 0 Å². The Morgan fingerprint density at radius 3 is 2.50 bits per heavy atom. The molecule has 0 saturated carbocycles. The Bertz CT molecular complexity index is 578. The highest BCUT2D eigenvalue weighted by Gasteiger charge is 2.36. The lowest BCUT2D eigenvalue weighted by molar-refractivity contribution is 0.263. The van der Waals surface area contributed by atoms with Crippen LogP contribution in [0.15, 0.2) is 29.3 Å². The minimum Gasteiger partial charge on any atom is -0.478 e. The highest BCUT2D eigenvalue weighted by Crippen LogP contribution is 2.31. The molecule has 122 valence electrons. The first kappa shape index (κ1) is 17.1. The van der Waals surface area contributed by atoms with Gasteiger partial charge in [-0.15, -0.1) is 0 Å². The van der Waals surface area contributed by atoms with Crippen molar-refractivity contribution in [3.63, 3.8) is 0 Å². The summed E-state index contributed by atoms with van der Waals surface area (Å²) in [6.45, 7) is 9.14. The summed E-state index contributed by atoms with van der Waals surface area (Å²) in [4.78, 5) is 4.67.